The highest BCUT2D eigenvalue weighted by atomic mass is 32.2. The lowest BCUT2D eigenvalue weighted by atomic mass is 10.4. The molecule has 0 saturated carbocycles. The molecule has 0 atom stereocenters. The standard InChI is InChI=1S/C11H19N3O3S/c1-2-13-5-7-14(8-6-13)18(15,16)11-4-3-10(9-12)17-11/h3-4H,2,5-9,12H2,1H3. The van der Waals surface area contributed by atoms with Gasteiger partial charge in [0.25, 0.3) is 10.0 Å². The van der Waals surface area contributed by atoms with Crippen LogP contribution in [0.5, 0.6) is 0 Å². The molecule has 0 aliphatic carbocycles. The van der Waals surface area contributed by atoms with E-state index in [4.69, 9.17) is 10.2 Å². The van der Waals surface area contributed by atoms with Crippen LogP contribution in [0.25, 0.3) is 0 Å². The lowest BCUT2D eigenvalue weighted by molar-refractivity contribution is 0.194. The maximum atomic E-state index is 12.3. The van der Waals surface area contributed by atoms with E-state index in [2.05, 4.69) is 11.8 Å². The van der Waals surface area contributed by atoms with Crippen molar-refractivity contribution in [3.63, 3.8) is 0 Å². The zero-order valence-electron chi connectivity index (χ0n) is 10.5. The van der Waals surface area contributed by atoms with Crippen molar-refractivity contribution >= 4 is 10.0 Å². The average molecular weight is 273 g/mol. The molecular weight excluding hydrogens is 254 g/mol. The third kappa shape index (κ3) is 2.59. The number of hydrogen-bond acceptors (Lipinski definition) is 5. The van der Waals surface area contributed by atoms with E-state index in [1.807, 2.05) is 0 Å². The third-order valence-electron chi connectivity index (χ3n) is 3.21. The smallest absolute Gasteiger partial charge is 0.276 e. The Bertz CT molecular complexity index is 489. The fourth-order valence-electron chi connectivity index (χ4n) is 2.02. The first-order valence-corrected chi connectivity index (χ1v) is 7.53. The van der Waals surface area contributed by atoms with Crippen LogP contribution in [-0.2, 0) is 16.6 Å². The SMILES string of the molecule is CCN1CCN(S(=O)(=O)c2ccc(CN)o2)CC1. The van der Waals surface area contributed by atoms with Gasteiger partial charge in [0.2, 0.25) is 5.09 Å². The lowest BCUT2D eigenvalue weighted by Gasteiger charge is -2.32. The fraction of sp³-hybridized carbons (Fsp3) is 0.636. The van der Waals surface area contributed by atoms with Crippen LogP contribution in [0, 0.1) is 0 Å². The number of nitrogens with zero attached hydrogens (tertiary/aromatic N) is 2. The molecule has 18 heavy (non-hydrogen) atoms. The summed E-state index contributed by atoms with van der Waals surface area (Å²) in [6, 6.07) is 3.08. The Morgan fingerprint density at radius 3 is 2.44 bits per heavy atom. The normalized spacial score (nSPS) is 19.2. The highest BCUT2D eigenvalue weighted by molar-refractivity contribution is 7.89. The van der Waals surface area contributed by atoms with Gasteiger partial charge in [0.05, 0.1) is 6.54 Å². The van der Waals surface area contributed by atoms with Crippen LogP contribution in [-0.4, -0.2) is 50.3 Å². The van der Waals surface area contributed by atoms with Crippen LogP contribution in [0.15, 0.2) is 21.6 Å². The predicted octanol–water partition coefficient (Wildman–Crippen LogP) is 0.0645. The third-order valence-corrected chi connectivity index (χ3v) is 4.98. The van der Waals surface area contributed by atoms with Crippen molar-refractivity contribution in [2.45, 2.75) is 18.6 Å². The number of piperazine rings is 1. The molecule has 2 N–H and O–H groups in total. The van der Waals surface area contributed by atoms with E-state index in [9.17, 15) is 8.42 Å². The van der Waals surface area contributed by atoms with E-state index < -0.39 is 10.0 Å². The van der Waals surface area contributed by atoms with Crippen LogP contribution in [0.1, 0.15) is 12.7 Å². The first kappa shape index (κ1) is 13.5. The summed E-state index contributed by atoms with van der Waals surface area (Å²) < 4.78 is 31.3. The van der Waals surface area contributed by atoms with E-state index in [0.717, 1.165) is 19.6 Å². The molecule has 7 heteroatoms. The second kappa shape index (κ2) is 5.40. The first-order valence-electron chi connectivity index (χ1n) is 6.09. The zero-order valence-corrected chi connectivity index (χ0v) is 11.3. The average Bonchev–Trinajstić information content (AvgIpc) is 2.88. The molecule has 1 aromatic heterocycles. The van der Waals surface area contributed by atoms with Gasteiger partial charge >= 0.3 is 0 Å². The predicted molar refractivity (Wildman–Crippen MR) is 67.5 cm³/mol. The summed E-state index contributed by atoms with van der Waals surface area (Å²) in [6.45, 7) is 5.78. The number of hydrogen-bond donors (Lipinski definition) is 1. The molecule has 0 spiro atoms. The van der Waals surface area contributed by atoms with Crippen molar-refractivity contribution in [3.8, 4) is 0 Å². The minimum Gasteiger partial charge on any atom is -0.447 e. The molecule has 0 bridgehead atoms. The van der Waals surface area contributed by atoms with Crippen molar-refractivity contribution in [1.29, 1.82) is 0 Å². The Morgan fingerprint density at radius 1 is 1.28 bits per heavy atom. The molecule has 1 aliphatic rings. The Hall–Kier alpha value is -0.890. The molecule has 2 rings (SSSR count). The van der Waals surface area contributed by atoms with Crippen molar-refractivity contribution in [1.82, 2.24) is 9.21 Å². The van der Waals surface area contributed by atoms with Gasteiger partial charge in [0.1, 0.15) is 5.76 Å². The highest BCUT2D eigenvalue weighted by Crippen LogP contribution is 2.19. The van der Waals surface area contributed by atoms with Gasteiger partial charge in [-0.15, -0.1) is 0 Å². The molecule has 0 unspecified atom stereocenters. The molecule has 0 amide bonds. The van der Waals surface area contributed by atoms with Crippen molar-refractivity contribution in [2.24, 2.45) is 5.73 Å². The van der Waals surface area contributed by atoms with Crippen LogP contribution >= 0.6 is 0 Å². The van der Waals surface area contributed by atoms with Gasteiger partial charge < -0.3 is 15.1 Å². The van der Waals surface area contributed by atoms with Crippen molar-refractivity contribution in [2.75, 3.05) is 32.7 Å². The van der Waals surface area contributed by atoms with Gasteiger partial charge in [-0.2, -0.15) is 4.31 Å². The van der Waals surface area contributed by atoms with E-state index in [-0.39, 0.29) is 11.6 Å². The molecular formula is C11H19N3O3S. The summed E-state index contributed by atoms with van der Waals surface area (Å²) in [5.74, 6) is 0.487. The second-order valence-corrected chi connectivity index (χ2v) is 6.13. The molecule has 1 saturated heterocycles. The summed E-state index contributed by atoms with van der Waals surface area (Å²) in [5, 5.41) is -0.00658. The summed E-state index contributed by atoms with van der Waals surface area (Å²) >= 11 is 0. The molecule has 0 aromatic carbocycles. The molecule has 102 valence electrons. The van der Waals surface area contributed by atoms with Crippen molar-refractivity contribution < 1.29 is 12.8 Å². The molecule has 1 fully saturated rings. The maximum absolute atomic E-state index is 12.3. The Balaban J connectivity index is 2.12. The topological polar surface area (TPSA) is 79.8 Å². The summed E-state index contributed by atoms with van der Waals surface area (Å²) in [6.07, 6.45) is 0. The van der Waals surface area contributed by atoms with E-state index in [1.54, 1.807) is 6.07 Å². The lowest BCUT2D eigenvalue weighted by Crippen LogP contribution is -2.48. The van der Waals surface area contributed by atoms with E-state index in [1.165, 1.54) is 10.4 Å². The molecule has 1 aliphatic heterocycles. The summed E-state index contributed by atoms with van der Waals surface area (Å²) in [4.78, 5) is 2.22. The van der Waals surface area contributed by atoms with Gasteiger partial charge in [0.15, 0.2) is 0 Å². The Labute approximate surface area is 107 Å². The number of furan rings is 1. The zero-order chi connectivity index (χ0) is 13.2. The number of likely N-dealkylation sites (N-methyl/N-ethyl adjacent to an activating group) is 1. The van der Waals surface area contributed by atoms with E-state index >= 15 is 0 Å². The minimum atomic E-state index is -3.50. The highest BCUT2D eigenvalue weighted by Gasteiger charge is 2.30. The van der Waals surface area contributed by atoms with Gasteiger partial charge in [-0.3, -0.25) is 0 Å². The van der Waals surface area contributed by atoms with Crippen LogP contribution in [0.2, 0.25) is 0 Å². The summed E-state index contributed by atoms with van der Waals surface area (Å²) in [5.41, 5.74) is 5.41. The van der Waals surface area contributed by atoms with Gasteiger partial charge in [0, 0.05) is 26.2 Å². The molecule has 6 nitrogen and oxygen atoms in total. The van der Waals surface area contributed by atoms with Gasteiger partial charge in [-0.05, 0) is 18.7 Å². The molecule has 2 heterocycles. The van der Waals surface area contributed by atoms with Crippen LogP contribution in [0.4, 0.5) is 0 Å². The van der Waals surface area contributed by atoms with Crippen molar-refractivity contribution in [3.05, 3.63) is 17.9 Å². The van der Waals surface area contributed by atoms with E-state index in [0.29, 0.717) is 18.8 Å². The number of rotatable bonds is 4. The largest absolute Gasteiger partial charge is 0.447 e. The summed E-state index contributed by atoms with van der Waals surface area (Å²) in [7, 11) is -3.50. The second-order valence-electron chi connectivity index (χ2n) is 4.26. The minimum absolute atomic E-state index is 0.00658. The quantitative estimate of drug-likeness (QED) is 0.839. The molecule has 1 aromatic rings. The maximum Gasteiger partial charge on any atom is 0.276 e. The van der Waals surface area contributed by atoms with Crippen LogP contribution in [0.3, 0.4) is 0 Å². The first-order chi connectivity index (χ1) is 8.57. The van der Waals surface area contributed by atoms with Gasteiger partial charge in [-0.25, -0.2) is 8.42 Å². The monoisotopic (exact) mass is 273 g/mol. The fourth-order valence-corrected chi connectivity index (χ4v) is 3.37. The number of sulfonamides is 1. The Kier molecular flexibility index (Phi) is 4.06. The van der Waals surface area contributed by atoms with Crippen LogP contribution < -0.4 is 5.73 Å². The Morgan fingerprint density at radius 2 is 1.94 bits per heavy atom. The van der Waals surface area contributed by atoms with Gasteiger partial charge in [-0.1, -0.05) is 6.92 Å². The molecule has 0 radical (unpaired) electrons. The number of nitrogens with two attached hydrogens (primary N) is 1.